The van der Waals surface area contributed by atoms with E-state index in [0.29, 0.717) is 32.0 Å². The molecule has 0 N–H and O–H groups in total. The van der Waals surface area contributed by atoms with Crippen molar-refractivity contribution < 1.29 is 14.3 Å². The number of nitrogens with zero attached hydrogens (tertiary/aromatic N) is 4. The van der Waals surface area contributed by atoms with Crippen LogP contribution in [0.2, 0.25) is 0 Å². The Morgan fingerprint density at radius 1 is 1.17 bits per heavy atom. The third kappa shape index (κ3) is 4.23. The number of aryl methyl sites for hydroxylation is 1. The molecule has 4 rings (SSSR count). The number of amides is 2. The number of carbonyl (C=O) groups is 2. The summed E-state index contributed by atoms with van der Waals surface area (Å²) in [6.45, 7) is 8.45. The summed E-state index contributed by atoms with van der Waals surface area (Å²) in [4.78, 5) is 33.5. The van der Waals surface area contributed by atoms with Crippen molar-refractivity contribution in [2.24, 2.45) is 5.92 Å². The number of ether oxygens (including phenoxy) is 1. The second-order valence-corrected chi connectivity index (χ2v) is 9.09. The molecule has 0 aliphatic carbocycles. The van der Waals surface area contributed by atoms with Crippen molar-refractivity contribution >= 4 is 23.0 Å². The van der Waals surface area contributed by atoms with Crippen LogP contribution in [0.15, 0.2) is 30.6 Å². The predicted octanol–water partition coefficient (Wildman–Crippen LogP) is 3.28. The lowest BCUT2D eigenvalue weighted by Crippen LogP contribution is -2.50. The van der Waals surface area contributed by atoms with Crippen LogP contribution in [0.4, 0.5) is 4.79 Å². The van der Waals surface area contributed by atoms with Crippen molar-refractivity contribution in [3.05, 3.63) is 30.6 Å². The van der Waals surface area contributed by atoms with Crippen molar-refractivity contribution in [2.75, 3.05) is 19.6 Å². The van der Waals surface area contributed by atoms with E-state index in [9.17, 15) is 9.59 Å². The highest BCUT2D eigenvalue weighted by Gasteiger charge is 2.42. The molecule has 3 heterocycles. The molecule has 7 heteroatoms. The molecule has 156 valence electrons. The average Bonchev–Trinajstić information content (AvgIpc) is 3.28. The summed E-state index contributed by atoms with van der Waals surface area (Å²) in [5.41, 5.74) is 1.53. The first kappa shape index (κ1) is 19.7. The summed E-state index contributed by atoms with van der Waals surface area (Å²) >= 11 is 0. The first-order chi connectivity index (χ1) is 13.8. The maximum atomic E-state index is 12.8. The highest BCUT2D eigenvalue weighted by molar-refractivity contribution is 5.78. The minimum atomic E-state index is -0.483. The molecule has 0 radical (unpaired) electrons. The van der Waals surface area contributed by atoms with Crippen LogP contribution in [-0.4, -0.2) is 62.6 Å². The summed E-state index contributed by atoms with van der Waals surface area (Å²) in [6, 6.07) is 8.16. The van der Waals surface area contributed by atoms with Crippen LogP contribution in [0, 0.1) is 5.92 Å². The number of rotatable bonds is 3. The summed E-state index contributed by atoms with van der Waals surface area (Å²) in [7, 11) is 0. The van der Waals surface area contributed by atoms with Crippen molar-refractivity contribution in [3.63, 3.8) is 0 Å². The Morgan fingerprint density at radius 2 is 1.97 bits per heavy atom. The van der Waals surface area contributed by atoms with Gasteiger partial charge in [0, 0.05) is 38.6 Å². The molecule has 2 atom stereocenters. The molecule has 1 aromatic heterocycles. The highest BCUT2D eigenvalue weighted by Crippen LogP contribution is 2.32. The lowest BCUT2D eigenvalue weighted by atomic mass is 9.92. The average molecular weight is 399 g/mol. The molecule has 2 aliphatic heterocycles. The number of hydrogen-bond acceptors (Lipinski definition) is 4. The topological polar surface area (TPSA) is 67.7 Å². The maximum absolute atomic E-state index is 12.8. The quantitative estimate of drug-likeness (QED) is 0.796. The second kappa shape index (κ2) is 7.69. The smallest absolute Gasteiger partial charge is 0.410 e. The van der Waals surface area contributed by atoms with E-state index in [1.807, 2.05) is 59.4 Å². The Bertz CT molecular complexity index is 901. The van der Waals surface area contributed by atoms with Crippen LogP contribution in [-0.2, 0) is 16.1 Å². The molecule has 29 heavy (non-hydrogen) atoms. The molecule has 2 saturated heterocycles. The normalized spacial score (nSPS) is 22.0. The lowest BCUT2D eigenvalue weighted by Gasteiger charge is -2.38. The van der Waals surface area contributed by atoms with Crippen LogP contribution in [0.1, 0.15) is 40.0 Å². The molecule has 0 saturated carbocycles. The van der Waals surface area contributed by atoms with Crippen LogP contribution < -0.4 is 0 Å². The Kier molecular flexibility index (Phi) is 5.23. The predicted molar refractivity (Wildman–Crippen MR) is 110 cm³/mol. The minimum Gasteiger partial charge on any atom is -0.444 e. The minimum absolute atomic E-state index is 0.178. The van der Waals surface area contributed by atoms with Gasteiger partial charge in [-0.15, -0.1) is 0 Å². The van der Waals surface area contributed by atoms with E-state index < -0.39 is 5.60 Å². The molecule has 1 aromatic carbocycles. The largest absolute Gasteiger partial charge is 0.444 e. The SMILES string of the molecule is CC(C)(C)OC(=O)N1CC[C@@H]2CN(C(=O)CCn3cnc4ccccc43)CC[C@@H]21. The van der Waals surface area contributed by atoms with Crippen LogP contribution >= 0.6 is 0 Å². The van der Waals surface area contributed by atoms with E-state index in [0.717, 1.165) is 30.4 Å². The van der Waals surface area contributed by atoms with E-state index in [1.54, 1.807) is 6.33 Å². The molecule has 2 fully saturated rings. The van der Waals surface area contributed by atoms with Gasteiger partial charge in [0.2, 0.25) is 5.91 Å². The number of carbonyl (C=O) groups excluding carboxylic acids is 2. The van der Waals surface area contributed by atoms with Crippen molar-refractivity contribution in [1.82, 2.24) is 19.4 Å². The van der Waals surface area contributed by atoms with E-state index in [1.165, 1.54) is 0 Å². The van der Waals surface area contributed by atoms with E-state index >= 15 is 0 Å². The number of benzene rings is 1. The van der Waals surface area contributed by atoms with E-state index in [2.05, 4.69) is 4.98 Å². The molecular weight excluding hydrogens is 368 g/mol. The van der Waals surface area contributed by atoms with Gasteiger partial charge < -0.3 is 19.1 Å². The molecular formula is C22H30N4O3. The van der Waals surface area contributed by atoms with Crippen LogP contribution in [0.3, 0.4) is 0 Å². The number of imidazole rings is 1. The third-order valence-corrected chi connectivity index (χ3v) is 5.91. The first-order valence-electron chi connectivity index (χ1n) is 10.5. The van der Waals surface area contributed by atoms with Gasteiger partial charge in [-0.25, -0.2) is 9.78 Å². The van der Waals surface area contributed by atoms with Gasteiger partial charge in [-0.05, 0) is 51.7 Å². The number of piperidine rings is 1. The van der Waals surface area contributed by atoms with Gasteiger partial charge in [0.25, 0.3) is 0 Å². The second-order valence-electron chi connectivity index (χ2n) is 9.09. The van der Waals surface area contributed by atoms with Gasteiger partial charge in [0.15, 0.2) is 0 Å². The molecule has 0 bridgehead atoms. The van der Waals surface area contributed by atoms with Gasteiger partial charge in [-0.1, -0.05) is 12.1 Å². The lowest BCUT2D eigenvalue weighted by molar-refractivity contribution is -0.133. The van der Waals surface area contributed by atoms with E-state index in [-0.39, 0.29) is 18.0 Å². The van der Waals surface area contributed by atoms with Gasteiger partial charge in [-0.2, -0.15) is 0 Å². The van der Waals surface area contributed by atoms with Crippen LogP contribution in [0.5, 0.6) is 0 Å². The molecule has 7 nitrogen and oxygen atoms in total. The van der Waals surface area contributed by atoms with Gasteiger partial charge in [0.05, 0.1) is 17.4 Å². The first-order valence-corrected chi connectivity index (χ1v) is 10.5. The van der Waals surface area contributed by atoms with Gasteiger partial charge in [-0.3, -0.25) is 4.79 Å². The third-order valence-electron chi connectivity index (χ3n) is 5.91. The zero-order valence-corrected chi connectivity index (χ0v) is 17.5. The van der Waals surface area contributed by atoms with Crippen molar-refractivity contribution in [1.29, 1.82) is 0 Å². The fourth-order valence-electron chi connectivity index (χ4n) is 4.52. The Balaban J connectivity index is 1.32. The molecule has 2 amide bonds. The fourth-order valence-corrected chi connectivity index (χ4v) is 4.52. The van der Waals surface area contributed by atoms with Gasteiger partial charge in [0.1, 0.15) is 5.60 Å². The Hall–Kier alpha value is -2.57. The highest BCUT2D eigenvalue weighted by atomic mass is 16.6. The summed E-state index contributed by atoms with van der Waals surface area (Å²) in [5, 5.41) is 0. The number of para-hydroxylation sites is 2. The summed E-state index contributed by atoms with van der Waals surface area (Å²) in [6.07, 6.45) is 3.80. The molecule has 0 unspecified atom stereocenters. The molecule has 0 spiro atoms. The number of likely N-dealkylation sites (tertiary alicyclic amines) is 2. The summed E-state index contributed by atoms with van der Waals surface area (Å²) < 4.78 is 7.60. The zero-order chi connectivity index (χ0) is 20.6. The zero-order valence-electron chi connectivity index (χ0n) is 17.5. The van der Waals surface area contributed by atoms with Gasteiger partial charge >= 0.3 is 6.09 Å². The summed E-state index contributed by atoms with van der Waals surface area (Å²) in [5.74, 6) is 0.520. The molecule has 2 aromatic rings. The standard InChI is InChI=1S/C22H30N4O3/c1-22(2,3)29-21(28)26-13-8-16-14-24(11-9-18(16)26)20(27)10-12-25-15-23-17-6-4-5-7-19(17)25/h4-7,15-16,18H,8-14H2,1-3H3/t16-,18+/m1/s1. The number of aromatic nitrogens is 2. The fraction of sp³-hybridized carbons (Fsp3) is 0.591. The maximum Gasteiger partial charge on any atom is 0.410 e. The van der Waals surface area contributed by atoms with Crippen molar-refractivity contribution in [3.8, 4) is 0 Å². The Labute approximate surface area is 171 Å². The van der Waals surface area contributed by atoms with Crippen LogP contribution in [0.25, 0.3) is 11.0 Å². The monoisotopic (exact) mass is 398 g/mol. The Morgan fingerprint density at radius 3 is 2.76 bits per heavy atom. The van der Waals surface area contributed by atoms with Crippen molar-refractivity contribution in [2.45, 2.75) is 58.2 Å². The molecule has 2 aliphatic rings. The number of hydrogen-bond donors (Lipinski definition) is 0. The van der Waals surface area contributed by atoms with E-state index in [4.69, 9.17) is 4.74 Å². The number of fused-ring (bicyclic) bond motifs is 2.